The largest absolute Gasteiger partial charge is 0.309 e. The van der Waals surface area contributed by atoms with Crippen LogP contribution < -0.4 is 0 Å². The summed E-state index contributed by atoms with van der Waals surface area (Å²) in [6, 6.07) is 57.3. The first-order chi connectivity index (χ1) is 24.1. The van der Waals surface area contributed by atoms with Crippen molar-refractivity contribution in [3.63, 3.8) is 0 Å². The minimum atomic E-state index is 0.585. The first kappa shape index (κ1) is 28.4. The molecule has 2 aromatic heterocycles. The molecule has 4 heteroatoms. The van der Waals surface area contributed by atoms with Gasteiger partial charge in [-0.25, -0.2) is 0 Å². The second-order valence-corrected chi connectivity index (χ2v) is 12.5. The van der Waals surface area contributed by atoms with E-state index in [-0.39, 0.29) is 0 Å². The number of fused-ring (bicyclic) bond motifs is 6. The molecule has 0 N–H and O–H groups in total. The van der Waals surface area contributed by atoms with E-state index in [1.165, 1.54) is 21.8 Å². The van der Waals surface area contributed by atoms with Gasteiger partial charge in [-0.3, -0.25) is 0 Å². The minimum Gasteiger partial charge on any atom is -0.309 e. The number of para-hydroxylation sites is 3. The summed E-state index contributed by atoms with van der Waals surface area (Å²) >= 11 is 0. The summed E-state index contributed by atoms with van der Waals surface area (Å²) in [6.07, 6.45) is 0. The normalized spacial score (nSPS) is 11.3. The molecule has 0 spiro atoms. The number of aromatic nitrogens is 2. The topological polar surface area (TPSA) is 57.4 Å². The van der Waals surface area contributed by atoms with Crippen molar-refractivity contribution >= 4 is 43.6 Å². The van der Waals surface area contributed by atoms with E-state index in [0.29, 0.717) is 11.1 Å². The van der Waals surface area contributed by atoms with Gasteiger partial charge in [0.2, 0.25) is 0 Å². The van der Waals surface area contributed by atoms with Gasteiger partial charge in [0.15, 0.2) is 0 Å². The van der Waals surface area contributed by atoms with Crippen molar-refractivity contribution in [3.8, 4) is 45.8 Å². The molecule has 0 atom stereocenters. The molecule has 0 bridgehead atoms. The Morgan fingerprint density at radius 2 is 1.00 bits per heavy atom. The highest BCUT2D eigenvalue weighted by Gasteiger charge is 2.18. The molecule has 0 radical (unpaired) electrons. The molecule has 228 valence electrons. The van der Waals surface area contributed by atoms with Crippen LogP contribution in [0.2, 0.25) is 0 Å². The Balaban J connectivity index is 1.13. The van der Waals surface area contributed by atoms with Crippen molar-refractivity contribution in [3.05, 3.63) is 168 Å². The van der Waals surface area contributed by atoms with E-state index >= 15 is 0 Å². The van der Waals surface area contributed by atoms with Gasteiger partial charge in [0.05, 0.1) is 50.6 Å². The van der Waals surface area contributed by atoms with Gasteiger partial charge in [0, 0.05) is 27.1 Å². The molecule has 0 aliphatic rings. The van der Waals surface area contributed by atoms with Gasteiger partial charge < -0.3 is 9.13 Å². The SMILES string of the molecule is Cc1ccc2c(c1)c1cc(C#N)ccc1n2-c1ccc(-c2ccc(-c3ccccc3-n3c4ccccc4c4ccccc43)cc2)cc1C#N. The maximum atomic E-state index is 10.4. The smallest absolute Gasteiger partial charge is 0.101 e. The average Bonchev–Trinajstić information content (AvgIpc) is 3.66. The van der Waals surface area contributed by atoms with Crippen LogP contribution in [0.3, 0.4) is 0 Å². The fourth-order valence-electron chi connectivity index (χ4n) is 7.40. The van der Waals surface area contributed by atoms with Crippen LogP contribution in [0.5, 0.6) is 0 Å². The summed E-state index contributed by atoms with van der Waals surface area (Å²) in [5.41, 5.74) is 12.9. The molecule has 49 heavy (non-hydrogen) atoms. The van der Waals surface area contributed by atoms with E-state index in [1.54, 1.807) is 0 Å². The van der Waals surface area contributed by atoms with Crippen LogP contribution in [-0.2, 0) is 0 Å². The molecule has 0 unspecified atom stereocenters. The van der Waals surface area contributed by atoms with Crippen molar-refractivity contribution in [2.24, 2.45) is 0 Å². The Labute approximate surface area is 283 Å². The molecule has 0 aliphatic carbocycles. The Morgan fingerprint density at radius 3 is 1.71 bits per heavy atom. The highest BCUT2D eigenvalue weighted by molar-refractivity contribution is 6.11. The fraction of sp³-hybridized carbons (Fsp3) is 0.0222. The summed E-state index contributed by atoms with van der Waals surface area (Å²) in [5.74, 6) is 0. The second-order valence-electron chi connectivity index (χ2n) is 12.5. The Hall–Kier alpha value is -6.88. The molecule has 0 saturated carbocycles. The second kappa shape index (κ2) is 11.1. The van der Waals surface area contributed by atoms with E-state index in [0.717, 1.165) is 61.0 Å². The van der Waals surface area contributed by atoms with Gasteiger partial charge in [-0.05, 0) is 84.3 Å². The third kappa shape index (κ3) is 4.43. The predicted molar refractivity (Wildman–Crippen MR) is 200 cm³/mol. The monoisotopic (exact) mass is 624 g/mol. The fourth-order valence-corrected chi connectivity index (χ4v) is 7.40. The molecular formula is C45H28N4. The molecule has 7 aromatic carbocycles. The van der Waals surface area contributed by atoms with Crippen molar-refractivity contribution in [1.82, 2.24) is 9.13 Å². The molecule has 2 heterocycles. The lowest BCUT2D eigenvalue weighted by molar-refractivity contribution is 1.17. The third-order valence-electron chi connectivity index (χ3n) is 9.66. The number of hydrogen-bond acceptors (Lipinski definition) is 2. The number of aryl methyl sites for hydroxylation is 1. The summed E-state index contributed by atoms with van der Waals surface area (Å²) in [7, 11) is 0. The average molecular weight is 625 g/mol. The lowest BCUT2D eigenvalue weighted by Crippen LogP contribution is -1.98. The van der Waals surface area contributed by atoms with Crippen LogP contribution in [0.25, 0.3) is 77.2 Å². The van der Waals surface area contributed by atoms with Crippen LogP contribution in [0.1, 0.15) is 16.7 Å². The number of rotatable bonds is 4. The first-order valence-electron chi connectivity index (χ1n) is 16.3. The van der Waals surface area contributed by atoms with Crippen LogP contribution >= 0.6 is 0 Å². The van der Waals surface area contributed by atoms with Crippen molar-refractivity contribution in [2.45, 2.75) is 6.92 Å². The highest BCUT2D eigenvalue weighted by Crippen LogP contribution is 2.38. The van der Waals surface area contributed by atoms with E-state index < -0.39 is 0 Å². The number of hydrogen-bond donors (Lipinski definition) is 0. The van der Waals surface area contributed by atoms with Gasteiger partial charge >= 0.3 is 0 Å². The molecule has 9 rings (SSSR count). The molecule has 4 nitrogen and oxygen atoms in total. The lowest BCUT2D eigenvalue weighted by Gasteiger charge is -2.15. The van der Waals surface area contributed by atoms with E-state index in [1.807, 2.05) is 30.3 Å². The zero-order chi connectivity index (χ0) is 33.1. The van der Waals surface area contributed by atoms with Crippen LogP contribution in [0.4, 0.5) is 0 Å². The molecule has 0 saturated heterocycles. The maximum absolute atomic E-state index is 10.4. The third-order valence-corrected chi connectivity index (χ3v) is 9.66. The van der Waals surface area contributed by atoms with Crippen molar-refractivity contribution < 1.29 is 0 Å². The number of benzene rings is 7. The summed E-state index contributed by atoms with van der Waals surface area (Å²) in [6.45, 7) is 2.07. The van der Waals surface area contributed by atoms with E-state index in [9.17, 15) is 10.5 Å². The zero-order valence-electron chi connectivity index (χ0n) is 26.7. The summed E-state index contributed by atoms with van der Waals surface area (Å²) in [5, 5.41) is 24.5. The predicted octanol–water partition coefficient (Wildman–Crippen LogP) is 11.3. The van der Waals surface area contributed by atoms with Crippen molar-refractivity contribution in [1.29, 1.82) is 10.5 Å². The van der Waals surface area contributed by atoms with Crippen LogP contribution in [-0.4, -0.2) is 9.13 Å². The standard InChI is InChI=1S/C45H28N4/c1-29-14-21-44-38(24-29)39-25-30(27-46)15-22-45(39)48(44)40-23-20-33(26-34(40)28-47)31-16-18-32(19-17-31)35-8-2-5-11-41(35)49-42-12-6-3-9-36(42)37-10-4-7-13-43(37)49/h2-26H,1H3. The van der Waals surface area contributed by atoms with Gasteiger partial charge in [-0.15, -0.1) is 0 Å². The molecule has 0 aliphatic heterocycles. The zero-order valence-corrected chi connectivity index (χ0v) is 26.7. The molecule has 9 aromatic rings. The van der Waals surface area contributed by atoms with Crippen molar-refractivity contribution in [2.75, 3.05) is 0 Å². The van der Waals surface area contributed by atoms with Crippen LogP contribution in [0.15, 0.2) is 152 Å². The minimum absolute atomic E-state index is 0.585. The maximum Gasteiger partial charge on any atom is 0.101 e. The molecular weight excluding hydrogens is 597 g/mol. The first-order valence-corrected chi connectivity index (χ1v) is 16.3. The summed E-state index contributed by atoms with van der Waals surface area (Å²) in [4.78, 5) is 0. The Morgan fingerprint density at radius 1 is 0.429 bits per heavy atom. The van der Waals surface area contributed by atoms with E-state index in [4.69, 9.17) is 0 Å². The van der Waals surface area contributed by atoms with Crippen LogP contribution in [0, 0.1) is 29.6 Å². The van der Waals surface area contributed by atoms with Gasteiger partial charge in [0.25, 0.3) is 0 Å². The van der Waals surface area contributed by atoms with Gasteiger partial charge in [-0.1, -0.05) is 96.6 Å². The van der Waals surface area contributed by atoms with Gasteiger partial charge in [0.1, 0.15) is 6.07 Å². The van der Waals surface area contributed by atoms with Gasteiger partial charge in [-0.2, -0.15) is 10.5 Å². The highest BCUT2D eigenvalue weighted by atomic mass is 15.0. The molecule has 0 amide bonds. The Bertz CT molecular complexity index is 2800. The summed E-state index contributed by atoms with van der Waals surface area (Å²) < 4.78 is 4.51. The number of nitriles is 2. The Kier molecular flexibility index (Phi) is 6.44. The quantitative estimate of drug-likeness (QED) is 0.196. The molecule has 0 fully saturated rings. The number of nitrogens with zero attached hydrogens (tertiary/aromatic N) is 4. The lowest BCUT2D eigenvalue weighted by atomic mass is 9.97. The van der Waals surface area contributed by atoms with E-state index in [2.05, 4.69) is 150 Å².